The smallest absolute Gasteiger partial charge is 0.240 e. The third-order valence-electron chi connectivity index (χ3n) is 4.13. The van der Waals surface area contributed by atoms with Crippen molar-refractivity contribution < 1.29 is 8.42 Å². The van der Waals surface area contributed by atoms with Crippen molar-refractivity contribution in [1.82, 2.24) is 24.9 Å². The fourth-order valence-corrected chi connectivity index (χ4v) is 3.73. The Morgan fingerprint density at radius 1 is 1.11 bits per heavy atom. The first-order valence-corrected chi connectivity index (χ1v) is 10.0. The van der Waals surface area contributed by atoms with Gasteiger partial charge < -0.3 is 4.90 Å². The molecular weight excluding hydrogens is 364 g/mol. The molecule has 0 unspecified atom stereocenters. The van der Waals surface area contributed by atoms with E-state index in [1.54, 1.807) is 24.3 Å². The predicted molar refractivity (Wildman–Crippen MR) is 103 cm³/mol. The van der Waals surface area contributed by atoms with Crippen LogP contribution in [0.15, 0.2) is 59.8 Å². The molecule has 0 aliphatic heterocycles. The first kappa shape index (κ1) is 19.0. The van der Waals surface area contributed by atoms with E-state index in [1.165, 1.54) is 16.6 Å². The van der Waals surface area contributed by atoms with Gasteiger partial charge in [-0.25, -0.2) is 17.8 Å². The van der Waals surface area contributed by atoms with Crippen molar-refractivity contribution >= 4 is 15.7 Å². The summed E-state index contributed by atoms with van der Waals surface area (Å²) in [7, 11) is 0.412. The van der Waals surface area contributed by atoms with Gasteiger partial charge in [0.15, 0.2) is 0 Å². The maximum atomic E-state index is 12.5. The van der Waals surface area contributed by atoms with Crippen molar-refractivity contribution in [3.8, 4) is 5.69 Å². The van der Waals surface area contributed by atoms with Crippen LogP contribution < -0.4 is 9.62 Å². The largest absolute Gasteiger partial charge is 0.378 e. The van der Waals surface area contributed by atoms with Crippen LogP contribution in [-0.4, -0.2) is 49.3 Å². The molecule has 142 valence electrons. The van der Waals surface area contributed by atoms with Crippen LogP contribution in [0.2, 0.25) is 0 Å². The van der Waals surface area contributed by atoms with Crippen molar-refractivity contribution in [2.75, 3.05) is 25.5 Å². The van der Waals surface area contributed by atoms with Gasteiger partial charge in [-0.05, 0) is 59.2 Å². The first-order chi connectivity index (χ1) is 13.0. The van der Waals surface area contributed by atoms with Gasteiger partial charge in [-0.15, -0.1) is 5.10 Å². The molecule has 0 spiro atoms. The average molecular weight is 386 g/mol. The zero-order valence-electron chi connectivity index (χ0n) is 15.3. The molecule has 0 saturated carbocycles. The zero-order valence-corrected chi connectivity index (χ0v) is 16.1. The van der Waals surface area contributed by atoms with Crippen LogP contribution in [0.4, 0.5) is 5.69 Å². The van der Waals surface area contributed by atoms with Crippen LogP contribution in [0.5, 0.6) is 0 Å². The number of nitrogens with one attached hydrogen (secondary N) is 1. The third-order valence-corrected chi connectivity index (χ3v) is 5.59. The molecule has 0 saturated heterocycles. The van der Waals surface area contributed by atoms with E-state index in [4.69, 9.17) is 0 Å². The predicted octanol–water partition coefficient (Wildman–Crippen LogP) is 1.64. The molecule has 0 bridgehead atoms. The lowest BCUT2D eigenvalue weighted by molar-refractivity contribution is 0.579. The Hall–Kier alpha value is -2.78. The van der Waals surface area contributed by atoms with Crippen LogP contribution >= 0.6 is 0 Å². The summed E-state index contributed by atoms with van der Waals surface area (Å²) in [5, 5.41) is 10.9. The van der Waals surface area contributed by atoms with Crippen molar-refractivity contribution in [2.24, 2.45) is 0 Å². The normalized spacial score (nSPS) is 11.5. The molecule has 0 atom stereocenters. The summed E-state index contributed by atoms with van der Waals surface area (Å²) >= 11 is 0. The van der Waals surface area contributed by atoms with E-state index < -0.39 is 10.0 Å². The minimum absolute atomic E-state index is 0.186. The maximum Gasteiger partial charge on any atom is 0.240 e. The summed E-state index contributed by atoms with van der Waals surface area (Å²) < 4.78 is 29.1. The van der Waals surface area contributed by atoms with E-state index in [-0.39, 0.29) is 4.90 Å². The Morgan fingerprint density at radius 3 is 2.56 bits per heavy atom. The van der Waals surface area contributed by atoms with Gasteiger partial charge >= 0.3 is 0 Å². The fourth-order valence-electron chi connectivity index (χ4n) is 2.62. The van der Waals surface area contributed by atoms with Gasteiger partial charge in [0.05, 0.1) is 10.6 Å². The highest BCUT2D eigenvalue weighted by Gasteiger charge is 2.14. The summed E-state index contributed by atoms with van der Waals surface area (Å²) in [6, 6.07) is 14.8. The molecule has 0 fully saturated rings. The lowest BCUT2D eigenvalue weighted by Crippen LogP contribution is -2.25. The Bertz CT molecular complexity index is 969. The average Bonchev–Trinajstić information content (AvgIpc) is 3.21. The number of nitrogens with zero attached hydrogens (tertiary/aromatic N) is 5. The van der Waals surface area contributed by atoms with Crippen molar-refractivity contribution in [3.05, 3.63) is 60.4 Å². The fraction of sp³-hybridized carbons (Fsp3) is 0.278. The second-order valence-corrected chi connectivity index (χ2v) is 8.08. The Balaban J connectivity index is 1.56. The number of hydrogen-bond acceptors (Lipinski definition) is 6. The molecule has 27 heavy (non-hydrogen) atoms. The molecule has 3 rings (SSSR count). The molecule has 1 N–H and O–H groups in total. The van der Waals surface area contributed by atoms with Gasteiger partial charge in [0.1, 0.15) is 6.33 Å². The number of aryl methyl sites for hydroxylation is 1. The SMILES string of the molecule is CN(C)c1ccc(CCCNS(=O)(=O)c2cccc(-n3cnnn3)c2)cc1. The van der Waals surface area contributed by atoms with Gasteiger partial charge in [-0.3, -0.25) is 0 Å². The number of rotatable bonds is 8. The summed E-state index contributed by atoms with van der Waals surface area (Å²) in [4.78, 5) is 2.23. The quantitative estimate of drug-likeness (QED) is 0.592. The number of tetrazole rings is 1. The van der Waals surface area contributed by atoms with Crippen LogP contribution in [0.3, 0.4) is 0 Å². The molecular formula is C18H22N6O2S. The number of sulfonamides is 1. The highest BCUT2D eigenvalue weighted by Crippen LogP contribution is 2.15. The van der Waals surface area contributed by atoms with Crippen LogP contribution in [0.25, 0.3) is 5.69 Å². The summed E-state index contributed by atoms with van der Waals surface area (Å²) in [5.74, 6) is 0. The molecule has 8 nitrogen and oxygen atoms in total. The number of anilines is 1. The summed E-state index contributed by atoms with van der Waals surface area (Å²) in [6.45, 7) is 0.368. The lowest BCUT2D eigenvalue weighted by Gasteiger charge is -2.12. The number of benzene rings is 2. The second kappa shape index (κ2) is 8.28. The van der Waals surface area contributed by atoms with Gasteiger partial charge in [-0.1, -0.05) is 18.2 Å². The van der Waals surface area contributed by atoms with E-state index >= 15 is 0 Å². The molecule has 9 heteroatoms. The van der Waals surface area contributed by atoms with Gasteiger partial charge in [0.2, 0.25) is 10.0 Å². The molecule has 2 aromatic carbocycles. The molecule has 0 radical (unpaired) electrons. The van der Waals surface area contributed by atoms with Crippen LogP contribution in [0, 0.1) is 0 Å². The Morgan fingerprint density at radius 2 is 1.89 bits per heavy atom. The summed E-state index contributed by atoms with van der Waals surface area (Å²) in [5.41, 5.74) is 2.91. The van der Waals surface area contributed by atoms with E-state index in [0.717, 1.165) is 12.1 Å². The number of aromatic nitrogens is 4. The lowest BCUT2D eigenvalue weighted by atomic mass is 10.1. The Labute approximate surface area is 158 Å². The van der Waals surface area contributed by atoms with Crippen molar-refractivity contribution in [2.45, 2.75) is 17.7 Å². The van der Waals surface area contributed by atoms with E-state index in [1.807, 2.05) is 19.0 Å². The monoisotopic (exact) mass is 386 g/mol. The minimum atomic E-state index is -3.58. The van der Waals surface area contributed by atoms with Crippen molar-refractivity contribution in [1.29, 1.82) is 0 Å². The molecule has 3 aromatic rings. The van der Waals surface area contributed by atoms with Gasteiger partial charge in [-0.2, -0.15) is 0 Å². The van der Waals surface area contributed by atoms with Crippen LogP contribution in [0.1, 0.15) is 12.0 Å². The minimum Gasteiger partial charge on any atom is -0.378 e. The Kier molecular flexibility index (Phi) is 5.82. The summed E-state index contributed by atoms with van der Waals surface area (Å²) in [6.07, 6.45) is 2.94. The maximum absolute atomic E-state index is 12.5. The van der Waals surface area contributed by atoms with Crippen molar-refractivity contribution in [3.63, 3.8) is 0 Å². The van der Waals surface area contributed by atoms with E-state index in [2.05, 4.69) is 44.5 Å². The van der Waals surface area contributed by atoms with Gasteiger partial charge in [0.25, 0.3) is 0 Å². The highest BCUT2D eigenvalue weighted by molar-refractivity contribution is 7.89. The molecule has 1 heterocycles. The van der Waals surface area contributed by atoms with Crippen LogP contribution in [-0.2, 0) is 16.4 Å². The van der Waals surface area contributed by atoms with Gasteiger partial charge in [0, 0.05) is 26.3 Å². The first-order valence-electron chi connectivity index (χ1n) is 8.55. The zero-order chi connectivity index (χ0) is 19.3. The molecule has 0 amide bonds. The second-order valence-electron chi connectivity index (χ2n) is 6.31. The highest BCUT2D eigenvalue weighted by atomic mass is 32.2. The molecule has 0 aliphatic carbocycles. The molecule has 0 aliphatic rings. The molecule has 1 aromatic heterocycles. The topological polar surface area (TPSA) is 93.0 Å². The standard InChI is InChI=1S/C18H22N6O2S/c1-23(2)16-10-8-15(9-11-16)5-4-12-20-27(25,26)18-7-3-6-17(13-18)24-14-19-21-22-24/h3,6-11,13-14,20H,4-5,12H2,1-2H3. The number of hydrogen-bond donors (Lipinski definition) is 1. The van der Waals surface area contributed by atoms with E-state index in [9.17, 15) is 8.42 Å². The third kappa shape index (κ3) is 4.89. The van der Waals surface area contributed by atoms with E-state index in [0.29, 0.717) is 18.7 Å².